The van der Waals surface area contributed by atoms with Gasteiger partial charge in [-0.3, -0.25) is 0 Å². The van der Waals surface area contributed by atoms with E-state index in [0.29, 0.717) is 0 Å². The molecule has 0 spiro atoms. The molecule has 0 atom stereocenters. The number of benzene rings is 2. The normalized spacial score (nSPS) is 13.1. The van der Waals surface area contributed by atoms with Crippen LogP contribution in [0.2, 0.25) is 0 Å². The molecule has 0 N–H and O–H groups in total. The molecule has 0 amide bonds. The summed E-state index contributed by atoms with van der Waals surface area (Å²) in [4.78, 5) is 2.42. The molecule has 0 aliphatic carbocycles. The minimum absolute atomic E-state index is 0.201. The molecular formula is C15H13As. The van der Waals surface area contributed by atoms with Gasteiger partial charge in [-0.15, -0.1) is 0 Å². The van der Waals surface area contributed by atoms with E-state index < -0.39 is 0 Å². The van der Waals surface area contributed by atoms with Gasteiger partial charge >= 0.3 is 101 Å². The number of hydrogen-bond donors (Lipinski definition) is 0. The van der Waals surface area contributed by atoms with Gasteiger partial charge in [-0.2, -0.15) is 0 Å². The summed E-state index contributed by atoms with van der Waals surface area (Å²) in [5.41, 5.74) is 2.82. The Morgan fingerprint density at radius 1 is 0.875 bits per heavy atom. The third-order valence-corrected chi connectivity index (χ3v) is 5.42. The molecule has 1 aliphatic rings. The molecular weight excluding hydrogens is 255 g/mol. The average Bonchev–Trinajstić information content (AvgIpc) is 2.31. The third kappa shape index (κ3) is 1.49. The van der Waals surface area contributed by atoms with E-state index >= 15 is 0 Å². The third-order valence-electron chi connectivity index (χ3n) is 3.21. The second-order valence-corrected chi connectivity index (χ2v) is 6.39. The fourth-order valence-corrected chi connectivity index (χ4v) is 4.42. The summed E-state index contributed by atoms with van der Waals surface area (Å²) in [5.74, 6) is 0. The van der Waals surface area contributed by atoms with Crippen LogP contribution >= 0.6 is 0 Å². The van der Waals surface area contributed by atoms with Gasteiger partial charge in [0.1, 0.15) is 0 Å². The molecule has 0 fully saturated rings. The quantitative estimate of drug-likeness (QED) is 0.643. The van der Waals surface area contributed by atoms with E-state index in [9.17, 15) is 0 Å². The molecule has 78 valence electrons. The summed E-state index contributed by atoms with van der Waals surface area (Å²) in [5, 5.41) is 4.28. The predicted molar refractivity (Wildman–Crippen MR) is 68.7 cm³/mol. The molecule has 2 aromatic rings. The van der Waals surface area contributed by atoms with Crippen molar-refractivity contribution in [2.75, 3.05) is 0 Å². The molecule has 1 heteroatoms. The van der Waals surface area contributed by atoms with Crippen molar-refractivity contribution >= 4 is 20.2 Å². The summed E-state index contributed by atoms with van der Waals surface area (Å²) in [6, 6.07) is 13.4. The topological polar surface area (TPSA) is 0 Å². The van der Waals surface area contributed by atoms with Gasteiger partial charge in [-0.25, -0.2) is 0 Å². The second-order valence-electron chi connectivity index (χ2n) is 4.30. The zero-order chi connectivity index (χ0) is 11.1. The van der Waals surface area contributed by atoms with E-state index in [2.05, 4.69) is 55.1 Å². The molecule has 0 unspecified atom stereocenters. The van der Waals surface area contributed by atoms with Crippen molar-refractivity contribution in [3.63, 3.8) is 0 Å². The van der Waals surface area contributed by atoms with Crippen LogP contribution < -0.4 is 5.22 Å². The van der Waals surface area contributed by atoms with Crippen molar-refractivity contribution in [2.24, 2.45) is 0 Å². The predicted octanol–water partition coefficient (Wildman–Crippen LogP) is 2.30. The Balaban J connectivity index is 2.67. The summed E-state index contributed by atoms with van der Waals surface area (Å²) in [6.07, 6.45) is 0. The Bertz CT molecular complexity index is 770. The van der Waals surface area contributed by atoms with Crippen LogP contribution in [0.1, 0.15) is 11.1 Å². The summed E-state index contributed by atoms with van der Waals surface area (Å²) in [6.45, 7) is 4.41. The second kappa shape index (κ2) is 3.71. The van der Waals surface area contributed by atoms with Gasteiger partial charge in [0, 0.05) is 0 Å². The number of fused-ring (bicyclic) bond motifs is 2. The molecule has 0 aromatic heterocycles. The number of hydrogen-bond acceptors (Lipinski definition) is 0. The Labute approximate surface area is 101 Å². The van der Waals surface area contributed by atoms with Gasteiger partial charge in [0.25, 0.3) is 0 Å². The standard InChI is InChI=1S/C15H13As/c1-10-7-14-13-6-4-3-5-12(13)9-16-15(14)8-11(10)2/h3-9H,1-2H3. The summed E-state index contributed by atoms with van der Waals surface area (Å²) in [7, 11) is 0. The first-order valence-corrected chi connectivity index (χ1v) is 7.52. The van der Waals surface area contributed by atoms with Gasteiger partial charge in [-0.1, -0.05) is 0 Å². The summed E-state index contributed by atoms with van der Waals surface area (Å²) >= 11 is 0.201. The molecule has 16 heavy (non-hydrogen) atoms. The minimum atomic E-state index is 0.201. The van der Waals surface area contributed by atoms with Crippen LogP contribution in [0, 0.1) is 28.2 Å². The van der Waals surface area contributed by atoms with Gasteiger partial charge in [-0.05, 0) is 0 Å². The maximum atomic E-state index is 2.42. The van der Waals surface area contributed by atoms with Crippen molar-refractivity contribution in [1.29, 1.82) is 0 Å². The van der Waals surface area contributed by atoms with Crippen LogP contribution in [0.25, 0.3) is 4.86 Å². The van der Waals surface area contributed by atoms with Crippen LogP contribution in [-0.4, -0.2) is 15.3 Å². The van der Waals surface area contributed by atoms with Crippen molar-refractivity contribution in [2.45, 2.75) is 13.8 Å². The van der Waals surface area contributed by atoms with Gasteiger partial charge in [0.15, 0.2) is 0 Å². The van der Waals surface area contributed by atoms with Crippen LogP contribution in [0.5, 0.6) is 0 Å². The van der Waals surface area contributed by atoms with E-state index in [1.165, 1.54) is 26.8 Å². The Morgan fingerprint density at radius 2 is 1.62 bits per heavy atom. The van der Waals surface area contributed by atoms with E-state index in [1.807, 2.05) is 0 Å². The SMILES string of the molecule is Cc1cc2c(cc1C)=c1ccccc1=C[As]=2. The zero-order valence-electron chi connectivity index (χ0n) is 9.49. The zero-order valence-corrected chi connectivity index (χ0v) is 11.4. The molecule has 0 bridgehead atoms. The fourth-order valence-electron chi connectivity index (χ4n) is 2.12. The first-order chi connectivity index (χ1) is 7.75. The van der Waals surface area contributed by atoms with Crippen molar-refractivity contribution in [3.8, 4) is 0 Å². The van der Waals surface area contributed by atoms with Gasteiger partial charge < -0.3 is 0 Å². The molecule has 2 aromatic carbocycles. The molecule has 0 saturated carbocycles. The van der Waals surface area contributed by atoms with Crippen LogP contribution in [-0.2, 0) is 0 Å². The molecule has 0 nitrogen and oxygen atoms in total. The van der Waals surface area contributed by atoms with Crippen molar-refractivity contribution in [3.05, 3.63) is 67.1 Å². The van der Waals surface area contributed by atoms with Crippen molar-refractivity contribution in [1.82, 2.24) is 0 Å². The summed E-state index contributed by atoms with van der Waals surface area (Å²) < 4.78 is 1.55. The Hall–Kier alpha value is -1.13. The first-order valence-electron chi connectivity index (χ1n) is 5.50. The maximum absolute atomic E-state index is 2.42. The van der Waals surface area contributed by atoms with E-state index in [0.717, 1.165) is 0 Å². The van der Waals surface area contributed by atoms with Crippen LogP contribution in [0.15, 0.2) is 36.4 Å². The van der Waals surface area contributed by atoms with Crippen molar-refractivity contribution < 1.29 is 0 Å². The Kier molecular flexibility index (Phi) is 2.33. The average molecular weight is 268 g/mol. The number of aryl methyl sites for hydroxylation is 2. The fraction of sp³-hybridized carbons (Fsp3) is 0.133. The monoisotopic (exact) mass is 268 g/mol. The van der Waals surface area contributed by atoms with E-state index in [1.54, 1.807) is 3.95 Å². The molecule has 0 saturated heterocycles. The van der Waals surface area contributed by atoms with E-state index in [4.69, 9.17) is 0 Å². The molecule has 1 aliphatic heterocycles. The molecule has 0 radical (unpaired) electrons. The van der Waals surface area contributed by atoms with E-state index in [-0.39, 0.29) is 15.3 Å². The Morgan fingerprint density at radius 3 is 2.50 bits per heavy atom. The van der Waals surface area contributed by atoms with Gasteiger partial charge in [0.05, 0.1) is 0 Å². The number of rotatable bonds is 0. The molecule has 1 heterocycles. The first kappa shape index (κ1) is 10.1. The van der Waals surface area contributed by atoms with Crippen LogP contribution in [0.4, 0.5) is 0 Å². The van der Waals surface area contributed by atoms with Gasteiger partial charge in [0.2, 0.25) is 0 Å². The molecule has 3 rings (SSSR count). The van der Waals surface area contributed by atoms with Crippen LogP contribution in [0.3, 0.4) is 0 Å².